The van der Waals surface area contributed by atoms with Crippen LogP contribution in [0.2, 0.25) is 0 Å². The van der Waals surface area contributed by atoms with Crippen LogP contribution in [0, 0.1) is 17.8 Å². The number of nitrogens with zero attached hydrogens (tertiary/aromatic N) is 2. The molecule has 1 N–H and O–H groups in total. The molecule has 2 bridgehead atoms. The van der Waals surface area contributed by atoms with Crippen LogP contribution in [0.5, 0.6) is 11.6 Å². The second kappa shape index (κ2) is 7.23. The van der Waals surface area contributed by atoms with Crippen molar-refractivity contribution in [2.75, 3.05) is 5.32 Å². The molecular formula is C20H21N3O3. The standard InChI is InChI=1S/C20H21N3O3/c24-19-13-2-1-3-14(19)11-15(10-13)20(25)23-16-4-6-17(7-5-16)26-18-12-21-8-9-22-18/h4-9,12-15H,1-3,10-11H2,(H,23,25)/t13-,14+,15?. The first-order valence-corrected chi connectivity index (χ1v) is 9.07. The van der Waals surface area contributed by atoms with Crippen LogP contribution in [0.1, 0.15) is 32.1 Å². The van der Waals surface area contributed by atoms with Crippen molar-refractivity contribution in [3.05, 3.63) is 42.9 Å². The molecule has 0 spiro atoms. The summed E-state index contributed by atoms with van der Waals surface area (Å²) in [7, 11) is 0. The van der Waals surface area contributed by atoms with Gasteiger partial charge in [0, 0.05) is 35.8 Å². The van der Waals surface area contributed by atoms with Crippen molar-refractivity contribution in [2.45, 2.75) is 32.1 Å². The Labute approximate surface area is 152 Å². The number of amides is 1. The molecule has 0 aliphatic heterocycles. The van der Waals surface area contributed by atoms with Crippen LogP contribution < -0.4 is 10.1 Å². The van der Waals surface area contributed by atoms with Crippen molar-refractivity contribution >= 4 is 17.4 Å². The molecule has 1 aromatic heterocycles. The molecule has 2 saturated carbocycles. The van der Waals surface area contributed by atoms with Crippen molar-refractivity contribution in [3.63, 3.8) is 0 Å². The summed E-state index contributed by atoms with van der Waals surface area (Å²) < 4.78 is 5.59. The van der Waals surface area contributed by atoms with Crippen molar-refractivity contribution in [2.24, 2.45) is 17.8 Å². The van der Waals surface area contributed by atoms with Crippen molar-refractivity contribution in [1.29, 1.82) is 0 Å². The van der Waals surface area contributed by atoms with Gasteiger partial charge in [-0.2, -0.15) is 0 Å². The number of ether oxygens (including phenoxy) is 1. The SMILES string of the molecule is O=C(Nc1ccc(Oc2cnccn2)cc1)C1C[C@H]2CCC[C@@H](C1)C2=O. The molecule has 1 aromatic carbocycles. The maximum atomic E-state index is 12.6. The highest BCUT2D eigenvalue weighted by Gasteiger charge is 2.41. The van der Waals surface area contributed by atoms with Crippen molar-refractivity contribution in [3.8, 4) is 11.6 Å². The highest BCUT2D eigenvalue weighted by atomic mass is 16.5. The lowest BCUT2D eigenvalue weighted by atomic mass is 9.67. The second-order valence-electron chi connectivity index (χ2n) is 7.05. The number of hydrogen-bond donors (Lipinski definition) is 1. The van der Waals surface area contributed by atoms with Gasteiger partial charge in [-0.1, -0.05) is 6.42 Å². The maximum Gasteiger partial charge on any atom is 0.237 e. The normalized spacial score (nSPS) is 24.8. The van der Waals surface area contributed by atoms with Gasteiger partial charge >= 0.3 is 0 Å². The predicted molar refractivity (Wildman–Crippen MR) is 95.7 cm³/mol. The molecule has 0 saturated heterocycles. The number of fused-ring (bicyclic) bond motifs is 2. The van der Waals surface area contributed by atoms with Gasteiger partial charge < -0.3 is 10.1 Å². The number of hydrogen-bond acceptors (Lipinski definition) is 5. The topological polar surface area (TPSA) is 81.2 Å². The number of Topliss-reactive ketones (excluding diaryl/α,β-unsaturated/α-hetero) is 1. The fraction of sp³-hybridized carbons (Fsp3) is 0.400. The molecule has 2 aliphatic carbocycles. The average Bonchev–Trinajstić information content (AvgIpc) is 2.64. The van der Waals surface area contributed by atoms with Gasteiger partial charge in [0.2, 0.25) is 11.8 Å². The largest absolute Gasteiger partial charge is 0.438 e. The number of anilines is 1. The number of ketones is 1. The number of carbonyl (C=O) groups is 2. The van der Waals surface area contributed by atoms with Gasteiger partial charge in [-0.3, -0.25) is 14.6 Å². The van der Waals surface area contributed by atoms with Crippen LogP contribution in [0.4, 0.5) is 5.69 Å². The Morgan fingerprint density at radius 2 is 1.81 bits per heavy atom. The first kappa shape index (κ1) is 16.7. The lowest BCUT2D eigenvalue weighted by Crippen LogP contribution is -2.40. The van der Waals surface area contributed by atoms with E-state index in [1.807, 2.05) is 0 Å². The quantitative estimate of drug-likeness (QED) is 0.910. The fourth-order valence-corrected chi connectivity index (χ4v) is 4.00. The van der Waals surface area contributed by atoms with Gasteiger partial charge in [0.05, 0.1) is 6.20 Å². The minimum Gasteiger partial charge on any atom is -0.438 e. The fourth-order valence-electron chi connectivity index (χ4n) is 4.00. The molecule has 26 heavy (non-hydrogen) atoms. The molecule has 3 atom stereocenters. The Morgan fingerprint density at radius 3 is 2.46 bits per heavy atom. The van der Waals surface area contributed by atoms with E-state index < -0.39 is 0 Å². The zero-order chi connectivity index (χ0) is 17.9. The summed E-state index contributed by atoms with van der Waals surface area (Å²) in [5.74, 6) is 1.53. The first-order chi connectivity index (χ1) is 12.7. The Hall–Kier alpha value is -2.76. The molecular weight excluding hydrogens is 330 g/mol. The van der Waals surface area contributed by atoms with E-state index in [2.05, 4.69) is 15.3 Å². The number of nitrogens with one attached hydrogen (secondary N) is 1. The molecule has 6 heteroatoms. The molecule has 134 valence electrons. The van der Waals surface area contributed by atoms with Gasteiger partial charge in [-0.05, 0) is 49.9 Å². The Bertz CT molecular complexity index is 776. The lowest BCUT2D eigenvalue weighted by molar-refractivity contribution is -0.136. The average molecular weight is 351 g/mol. The van der Waals surface area contributed by atoms with Gasteiger partial charge in [0.1, 0.15) is 11.5 Å². The van der Waals surface area contributed by atoms with E-state index >= 15 is 0 Å². The Balaban J connectivity index is 1.36. The highest BCUT2D eigenvalue weighted by Crippen LogP contribution is 2.40. The predicted octanol–water partition coefficient (Wildman–Crippen LogP) is 3.60. The van der Waals surface area contributed by atoms with Gasteiger partial charge in [-0.15, -0.1) is 0 Å². The summed E-state index contributed by atoms with van der Waals surface area (Å²) in [6.45, 7) is 0. The zero-order valence-electron chi connectivity index (χ0n) is 14.4. The van der Waals surface area contributed by atoms with E-state index in [1.54, 1.807) is 36.7 Å². The van der Waals surface area contributed by atoms with Gasteiger partial charge in [0.15, 0.2) is 0 Å². The van der Waals surface area contributed by atoms with Crippen LogP contribution in [-0.4, -0.2) is 21.7 Å². The van der Waals surface area contributed by atoms with E-state index in [4.69, 9.17) is 4.74 Å². The molecule has 0 radical (unpaired) electrons. The lowest BCUT2D eigenvalue weighted by Gasteiger charge is -2.36. The summed E-state index contributed by atoms with van der Waals surface area (Å²) in [6.07, 6.45) is 9.05. The molecule has 1 unspecified atom stereocenters. The smallest absolute Gasteiger partial charge is 0.237 e. The number of benzene rings is 1. The Morgan fingerprint density at radius 1 is 1.08 bits per heavy atom. The van der Waals surface area contributed by atoms with Gasteiger partial charge in [0.25, 0.3) is 0 Å². The number of aromatic nitrogens is 2. The molecule has 1 amide bonds. The van der Waals surface area contributed by atoms with Crippen LogP contribution in [0.3, 0.4) is 0 Å². The van der Waals surface area contributed by atoms with E-state index in [0.29, 0.717) is 30.3 Å². The third-order valence-corrected chi connectivity index (χ3v) is 5.30. The number of rotatable bonds is 4. The molecule has 2 fully saturated rings. The van der Waals surface area contributed by atoms with E-state index in [9.17, 15) is 9.59 Å². The molecule has 6 nitrogen and oxygen atoms in total. The van der Waals surface area contributed by atoms with Crippen molar-refractivity contribution < 1.29 is 14.3 Å². The number of carbonyl (C=O) groups excluding carboxylic acids is 2. The van der Waals surface area contributed by atoms with E-state index in [-0.39, 0.29) is 23.7 Å². The van der Waals surface area contributed by atoms with E-state index in [1.165, 1.54) is 6.20 Å². The van der Waals surface area contributed by atoms with Crippen LogP contribution >= 0.6 is 0 Å². The minimum atomic E-state index is -0.0708. The second-order valence-corrected chi connectivity index (χ2v) is 7.05. The summed E-state index contributed by atoms with van der Waals surface area (Å²) in [5, 5.41) is 2.97. The minimum absolute atomic E-state index is 0.0111. The van der Waals surface area contributed by atoms with Crippen molar-refractivity contribution in [1.82, 2.24) is 9.97 Å². The summed E-state index contributed by atoms with van der Waals surface area (Å²) in [5.41, 5.74) is 0.726. The highest BCUT2D eigenvalue weighted by molar-refractivity contribution is 5.95. The summed E-state index contributed by atoms with van der Waals surface area (Å²) in [4.78, 5) is 32.8. The molecule has 4 rings (SSSR count). The van der Waals surface area contributed by atoms with E-state index in [0.717, 1.165) is 24.9 Å². The third-order valence-electron chi connectivity index (χ3n) is 5.30. The van der Waals surface area contributed by atoms with Crippen LogP contribution in [0.15, 0.2) is 42.9 Å². The van der Waals surface area contributed by atoms with Gasteiger partial charge in [-0.25, -0.2) is 4.98 Å². The summed E-state index contributed by atoms with van der Waals surface area (Å²) in [6, 6.07) is 7.17. The van der Waals surface area contributed by atoms with Crippen LogP contribution in [-0.2, 0) is 9.59 Å². The maximum absolute atomic E-state index is 12.6. The monoisotopic (exact) mass is 351 g/mol. The molecule has 2 aromatic rings. The molecule has 2 aliphatic rings. The third kappa shape index (κ3) is 3.59. The zero-order valence-corrected chi connectivity index (χ0v) is 14.4. The first-order valence-electron chi connectivity index (χ1n) is 9.07. The van der Waals surface area contributed by atoms with Crippen LogP contribution in [0.25, 0.3) is 0 Å². The summed E-state index contributed by atoms with van der Waals surface area (Å²) >= 11 is 0. The molecule has 1 heterocycles. The Kier molecular flexibility index (Phi) is 4.65.